The number of carboxylic acid groups (broad SMARTS) is 1. The smallest absolute Gasteiger partial charge is 0.303 e. The van der Waals surface area contributed by atoms with Crippen LogP contribution in [0.15, 0.2) is 12.3 Å². The Bertz CT molecular complexity index is 612. The molecule has 0 bridgehead atoms. The zero-order chi connectivity index (χ0) is 14.5. The quantitative estimate of drug-likeness (QED) is 0.794. The number of aliphatic carboxylic acids is 1. The van der Waals surface area contributed by atoms with Gasteiger partial charge in [-0.05, 0) is 18.9 Å². The molecule has 1 N–H and O–H groups in total. The summed E-state index contributed by atoms with van der Waals surface area (Å²) in [7, 11) is 1.61. The molecule has 0 spiro atoms. The van der Waals surface area contributed by atoms with E-state index in [2.05, 4.69) is 9.97 Å². The number of rotatable bonds is 7. The Morgan fingerprint density at radius 3 is 3.00 bits per heavy atom. The first kappa shape index (κ1) is 14.7. The third kappa shape index (κ3) is 3.46. The fourth-order valence-corrected chi connectivity index (χ4v) is 2.21. The molecule has 0 saturated carbocycles. The van der Waals surface area contributed by atoms with Crippen molar-refractivity contribution in [1.29, 1.82) is 0 Å². The van der Waals surface area contributed by atoms with Crippen molar-refractivity contribution in [2.75, 3.05) is 7.11 Å². The molecule has 0 aromatic carbocycles. The third-order valence-corrected chi connectivity index (χ3v) is 3.13. The highest BCUT2D eigenvalue weighted by Crippen LogP contribution is 2.19. The Hall–Kier alpha value is -1.66. The standard InChI is InChI=1S/C13H16ClN3O3/c1-20-8-11-16-10-6-9(14)7-15-13(10)17(11)5-3-2-4-12(18)19/h6-7H,2-5,8H2,1H3,(H,18,19). The minimum atomic E-state index is -0.775. The molecule has 0 atom stereocenters. The van der Waals surface area contributed by atoms with E-state index in [4.69, 9.17) is 21.4 Å². The van der Waals surface area contributed by atoms with Gasteiger partial charge in [-0.3, -0.25) is 4.79 Å². The molecule has 6 nitrogen and oxygen atoms in total. The van der Waals surface area contributed by atoms with Crippen LogP contribution in [0.25, 0.3) is 11.2 Å². The molecule has 2 heterocycles. The van der Waals surface area contributed by atoms with Gasteiger partial charge in [-0.15, -0.1) is 0 Å². The van der Waals surface area contributed by atoms with Crippen molar-refractivity contribution in [2.24, 2.45) is 0 Å². The second kappa shape index (κ2) is 6.67. The van der Waals surface area contributed by atoms with Gasteiger partial charge < -0.3 is 14.4 Å². The molecular weight excluding hydrogens is 282 g/mol. The number of aryl methyl sites for hydroxylation is 1. The monoisotopic (exact) mass is 297 g/mol. The Balaban J connectivity index is 2.19. The SMILES string of the molecule is COCc1nc2cc(Cl)cnc2n1CCCCC(=O)O. The van der Waals surface area contributed by atoms with Crippen LogP contribution in [0.5, 0.6) is 0 Å². The van der Waals surface area contributed by atoms with Crippen molar-refractivity contribution in [3.8, 4) is 0 Å². The lowest BCUT2D eigenvalue weighted by Crippen LogP contribution is -2.06. The fraction of sp³-hybridized carbons (Fsp3) is 0.462. The van der Waals surface area contributed by atoms with Crippen LogP contribution in [0, 0.1) is 0 Å². The van der Waals surface area contributed by atoms with Gasteiger partial charge in [0.2, 0.25) is 0 Å². The molecular formula is C13H16ClN3O3. The number of halogens is 1. The number of hydrogen-bond acceptors (Lipinski definition) is 4. The summed E-state index contributed by atoms with van der Waals surface area (Å²) in [6.45, 7) is 1.05. The Kier molecular flexibility index (Phi) is 4.92. The Morgan fingerprint density at radius 2 is 2.30 bits per heavy atom. The maximum Gasteiger partial charge on any atom is 0.303 e. The summed E-state index contributed by atoms with van der Waals surface area (Å²) in [6, 6.07) is 1.76. The number of fused-ring (bicyclic) bond motifs is 1. The first-order valence-corrected chi connectivity index (χ1v) is 6.71. The van der Waals surface area contributed by atoms with Crippen molar-refractivity contribution in [1.82, 2.24) is 14.5 Å². The van der Waals surface area contributed by atoms with E-state index in [1.165, 1.54) is 0 Å². The molecule has 108 valence electrons. The number of carbonyl (C=O) groups is 1. The maximum atomic E-state index is 10.5. The number of hydrogen-bond donors (Lipinski definition) is 1. The minimum Gasteiger partial charge on any atom is -0.481 e. The second-order valence-corrected chi connectivity index (χ2v) is 4.90. The second-order valence-electron chi connectivity index (χ2n) is 4.46. The van der Waals surface area contributed by atoms with Gasteiger partial charge in [-0.25, -0.2) is 9.97 Å². The van der Waals surface area contributed by atoms with Gasteiger partial charge in [-0.1, -0.05) is 11.6 Å². The van der Waals surface area contributed by atoms with Crippen LogP contribution in [-0.4, -0.2) is 32.7 Å². The first-order valence-electron chi connectivity index (χ1n) is 6.33. The lowest BCUT2D eigenvalue weighted by atomic mass is 10.2. The maximum absolute atomic E-state index is 10.5. The van der Waals surface area contributed by atoms with Crippen LogP contribution in [0.2, 0.25) is 5.02 Å². The first-order chi connectivity index (χ1) is 9.61. The molecule has 2 aromatic heterocycles. The lowest BCUT2D eigenvalue weighted by Gasteiger charge is -2.07. The average Bonchev–Trinajstić information content (AvgIpc) is 2.72. The minimum absolute atomic E-state index is 0.172. The lowest BCUT2D eigenvalue weighted by molar-refractivity contribution is -0.137. The normalized spacial score (nSPS) is 11.1. The number of nitrogens with zero attached hydrogens (tertiary/aromatic N) is 3. The summed E-state index contributed by atoms with van der Waals surface area (Å²) in [5.74, 6) is -0.00453. The van der Waals surface area contributed by atoms with E-state index in [1.807, 2.05) is 4.57 Å². The van der Waals surface area contributed by atoms with Gasteiger partial charge in [0.15, 0.2) is 5.65 Å². The number of imidazole rings is 1. The van der Waals surface area contributed by atoms with E-state index in [9.17, 15) is 4.79 Å². The van der Waals surface area contributed by atoms with Gasteiger partial charge in [0.25, 0.3) is 0 Å². The zero-order valence-electron chi connectivity index (χ0n) is 11.2. The van der Waals surface area contributed by atoms with Crippen molar-refractivity contribution in [2.45, 2.75) is 32.4 Å². The Morgan fingerprint density at radius 1 is 1.50 bits per heavy atom. The molecule has 20 heavy (non-hydrogen) atoms. The number of unbranched alkanes of at least 4 members (excludes halogenated alkanes) is 1. The highest BCUT2D eigenvalue weighted by atomic mass is 35.5. The molecule has 0 saturated heterocycles. The van der Waals surface area contributed by atoms with Crippen LogP contribution < -0.4 is 0 Å². The third-order valence-electron chi connectivity index (χ3n) is 2.93. The zero-order valence-corrected chi connectivity index (χ0v) is 11.9. The molecule has 0 radical (unpaired) electrons. The molecule has 2 aromatic rings. The summed E-state index contributed by atoms with van der Waals surface area (Å²) in [5.41, 5.74) is 1.47. The number of aromatic nitrogens is 3. The van der Waals surface area contributed by atoms with E-state index >= 15 is 0 Å². The summed E-state index contributed by atoms with van der Waals surface area (Å²) >= 11 is 5.91. The van der Waals surface area contributed by atoms with Gasteiger partial charge >= 0.3 is 5.97 Å². The molecule has 0 aliphatic carbocycles. The molecule has 0 aliphatic rings. The molecule has 0 fully saturated rings. The highest BCUT2D eigenvalue weighted by Gasteiger charge is 2.12. The topological polar surface area (TPSA) is 77.2 Å². The van der Waals surface area contributed by atoms with Gasteiger partial charge in [0, 0.05) is 26.3 Å². The van der Waals surface area contributed by atoms with Crippen molar-refractivity contribution in [3.63, 3.8) is 0 Å². The van der Waals surface area contributed by atoms with Crippen LogP contribution in [0.3, 0.4) is 0 Å². The van der Waals surface area contributed by atoms with Crippen LogP contribution >= 0.6 is 11.6 Å². The molecule has 0 amide bonds. The molecule has 7 heteroatoms. The van der Waals surface area contributed by atoms with Crippen LogP contribution in [0.4, 0.5) is 0 Å². The predicted molar refractivity (Wildman–Crippen MR) is 74.7 cm³/mol. The van der Waals surface area contributed by atoms with E-state index in [0.717, 1.165) is 23.4 Å². The Labute approximate surface area is 121 Å². The molecule has 0 unspecified atom stereocenters. The number of carboxylic acids is 1. The van der Waals surface area contributed by atoms with Crippen LogP contribution in [0.1, 0.15) is 25.1 Å². The number of methoxy groups -OCH3 is 1. The predicted octanol–water partition coefficient (Wildman–Crippen LogP) is 2.49. The van der Waals surface area contributed by atoms with E-state index in [0.29, 0.717) is 24.6 Å². The van der Waals surface area contributed by atoms with Crippen molar-refractivity contribution >= 4 is 28.7 Å². The van der Waals surface area contributed by atoms with Gasteiger partial charge in [0.1, 0.15) is 17.9 Å². The van der Waals surface area contributed by atoms with Crippen LogP contribution in [-0.2, 0) is 22.7 Å². The van der Waals surface area contributed by atoms with E-state index in [1.54, 1.807) is 19.4 Å². The van der Waals surface area contributed by atoms with E-state index < -0.39 is 5.97 Å². The summed E-state index contributed by atoms with van der Waals surface area (Å²) in [6.07, 6.45) is 3.12. The van der Waals surface area contributed by atoms with Gasteiger partial charge in [0.05, 0.1) is 5.02 Å². The van der Waals surface area contributed by atoms with Crippen molar-refractivity contribution < 1.29 is 14.6 Å². The summed E-state index contributed by atoms with van der Waals surface area (Å²) in [4.78, 5) is 19.3. The largest absolute Gasteiger partial charge is 0.481 e. The molecule has 0 aliphatic heterocycles. The average molecular weight is 298 g/mol. The molecule has 2 rings (SSSR count). The fourth-order valence-electron chi connectivity index (χ4n) is 2.05. The highest BCUT2D eigenvalue weighted by molar-refractivity contribution is 6.31. The van der Waals surface area contributed by atoms with Crippen molar-refractivity contribution in [3.05, 3.63) is 23.1 Å². The number of pyridine rings is 1. The summed E-state index contributed by atoms with van der Waals surface area (Å²) < 4.78 is 7.09. The van der Waals surface area contributed by atoms with Gasteiger partial charge in [-0.2, -0.15) is 0 Å². The summed E-state index contributed by atoms with van der Waals surface area (Å²) in [5, 5.41) is 9.18. The number of ether oxygens (including phenoxy) is 1. The van der Waals surface area contributed by atoms with E-state index in [-0.39, 0.29) is 6.42 Å².